The van der Waals surface area contributed by atoms with E-state index in [0.29, 0.717) is 5.56 Å². The highest BCUT2D eigenvalue weighted by Crippen LogP contribution is 2.29. The predicted molar refractivity (Wildman–Crippen MR) is 122 cm³/mol. The van der Waals surface area contributed by atoms with E-state index in [2.05, 4.69) is 10.6 Å². The Morgan fingerprint density at radius 2 is 1.47 bits per heavy atom. The number of hydrogen-bond donors (Lipinski definition) is 2. The molecule has 6 heteroatoms. The Morgan fingerprint density at radius 1 is 0.906 bits per heavy atom. The number of carbonyl (C=O) groups is 3. The van der Waals surface area contributed by atoms with E-state index in [4.69, 9.17) is 0 Å². The molecule has 1 aliphatic rings. The van der Waals surface area contributed by atoms with E-state index < -0.39 is 29.4 Å². The topological polar surface area (TPSA) is 78.5 Å². The number of benzene rings is 3. The van der Waals surface area contributed by atoms with Gasteiger partial charge in [-0.25, -0.2) is 4.79 Å². The maximum atomic E-state index is 13.1. The van der Waals surface area contributed by atoms with Crippen molar-refractivity contribution in [1.29, 1.82) is 0 Å². The second-order valence-electron chi connectivity index (χ2n) is 8.13. The molecule has 3 aromatic carbocycles. The summed E-state index contributed by atoms with van der Waals surface area (Å²) in [5, 5.41) is 5.72. The van der Waals surface area contributed by atoms with Crippen LogP contribution in [0.1, 0.15) is 35.2 Å². The number of amides is 4. The van der Waals surface area contributed by atoms with Crippen LogP contribution in [0.3, 0.4) is 0 Å². The molecule has 0 aliphatic carbocycles. The van der Waals surface area contributed by atoms with Crippen LogP contribution in [0.15, 0.2) is 84.9 Å². The Bertz CT molecular complexity index is 1130. The summed E-state index contributed by atoms with van der Waals surface area (Å²) in [6.07, 6.45) is 0. The molecule has 0 aromatic heterocycles. The zero-order valence-corrected chi connectivity index (χ0v) is 18.0. The van der Waals surface area contributed by atoms with Crippen molar-refractivity contribution < 1.29 is 14.4 Å². The van der Waals surface area contributed by atoms with Gasteiger partial charge in [-0.15, -0.1) is 0 Å². The smallest absolute Gasteiger partial charge is 0.325 e. The van der Waals surface area contributed by atoms with Crippen molar-refractivity contribution in [3.05, 3.63) is 107 Å². The van der Waals surface area contributed by atoms with Crippen LogP contribution in [-0.2, 0) is 15.1 Å². The Labute approximate surface area is 187 Å². The first-order valence-corrected chi connectivity index (χ1v) is 10.5. The van der Waals surface area contributed by atoms with Gasteiger partial charge in [-0.1, -0.05) is 90.5 Å². The van der Waals surface area contributed by atoms with Crippen molar-refractivity contribution in [2.24, 2.45) is 0 Å². The SMILES string of the molecule is Cc1ccc(C(NC(=O)CN2C(=O)NC(C)(c3ccccc3)C2=O)c2ccccc2)cc1. The highest BCUT2D eigenvalue weighted by molar-refractivity contribution is 6.09. The largest absolute Gasteiger partial charge is 0.344 e. The van der Waals surface area contributed by atoms with Gasteiger partial charge in [-0.2, -0.15) is 0 Å². The molecule has 1 fully saturated rings. The Kier molecular flexibility index (Phi) is 5.77. The van der Waals surface area contributed by atoms with Gasteiger partial charge in [0.1, 0.15) is 12.1 Å². The van der Waals surface area contributed by atoms with Crippen LogP contribution in [0, 0.1) is 6.92 Å². The monoisotopic (exact) mass is 427 g/mol. The lowest BCUT2D eigenvalue weighted by atomic mass is 9.92. The first kappa shape index (κ1) is 21.3. The van der Waals surface area contributed by atoms with Gasteiger partial charge in [0.2, 0.25) is 5.91 Å². The molecule has 32 heavy (non-hydrogen) atoms. The molecule has 0 bridgehead atoms. The zero-order valence-electron chi connectivity index (χ0n) is 18.0. The van der Waals surface area contributed by atoms with Crippen molar-refractivity contribution in [3.8, 4) is 0 Å². The van der Waals surface area contributed by atoms with E-state index in [9.17, 15) is 14.4 Å². The Hall–Kier alpha value is -3.93. The molecule has 1 saturated heterocycles. The first-order valence-electron chi connectivity index (χ1n) is 10.5. The van der Waals surface area contributed by atoms with E-state index in [-0.39, 0.29) is 6.54 Å². The molecule has 2 unspecified atom stereocenters. The number of rotatable bonds is 6. The normalized spacial score (nSPS) is 18.9. The van der Waals surface area contributed by atoms with E-state index >= 15 is 0 Å². The van der Waals surface area contributed by atoms with E-state index in [0.717, 1.165) is 21.6 Å². The molecule has 0 radical (unpaired) electrons. The number of urea groups is 1. The predicted octanol–water partition coefficient (Wildman–Crippen LogP) is 3.67. The fraction of sp³-hybridized carbons (Fsp3) is 0.192. The summed E-state index contributed by atoms with van der Waals surface area (Å²) >= 11 is 0. The van der Waals surface area contributed by atoms with Gasteiger partial charge in [0, 0.05) is 0 Å². The third-order valence-corrected chi connectivity index (χ3v) is 5.78. The van der Waals surface area contributed by atoms with E-state index in [1.807, 2.05) is 67.6 Å². The average Bonchev–Trinajstić information content (AvgIpc) is 3.03. The number of imide groups is 1. The Morgan fingerprint density at radius 3 is 2.09 bits per heavy atom. The molecule has 0 spiro atoms. The lowest BCUT2D eigenvalue weighted by molar-refractivity contribution is -0.135. The van der Waals surface area contributed by atoms with Crippen molar-refractivity contribution in [3.63, 3.8) is 0 Å². The third kappa shape index (κ3) is 4.12. The van der Waals surface area contributed by atoms with Gasteiger partial charge in [-0.3, -0.25) is 14.5 Å². The van der Waals surface area contributed by atoms with Crippen LogP contribution in [-0.4, -0.2) is 29.3 Å². The molecule has 3 aromatic rings. The molecule has 2 atom stereocenters. The molecule has 1 aliphatic heterocycles. The summed E-state index contributed by atoms with van der Waals surface area (Å²) in [5.41, 5.74) is 2.42. The van der Waals surface area contributed by atoms with Crippen LogP contribution < -0.4 is 10.6 Å². The third-order valence-electron chi connectivity index (χ3n) is 5.78. The summed E-state index contributed by atoms with van der Waals surface area (Å²) in [4.78, 5) is 39.6. The van der Waals surface area contributed by atoms with E-state index in [1.54, 1.807) is 31.2 Å². The minimum atomic E-state index is -1.20. The molecule has 1 heterocycles. The van der Waals surface area contributed by atoms with Gasteiger partial charge >= 0.3 is 6.03 Å². The molecular weight excluding hydrogens is 402 g/mol. The molecule has 4 amide bonds. The standard InChI is InChI=1S/C26H25N3O3/c1-18-13-15-20(16-14-18)23(19-9-5-3-6-10-19)27-22(30)17-29-24(31)26(2,28-25(29)32)21-11-7-4-8-12-21/h3-16,23H,17H2,1-2H3,(H,27,30)(H,28,32). The fourth-order valence-electron chi connectivity index (χ4n) is 3.92. The second-order valence-corrected chi connectivity index (χ2v) is 8.13. The molecule has 2 N–H and O–H groups in total. The summed E-state index contributed by atoms with van der Waals surface area (Å²) in [6.45, 7) is 3.29. The van der Waals surface area contributed by atoms with E-state index in [1.165, 1.54) is 0 Å². The quantitative estimate of drug-likeness (QED) is 0.589. The van der Waals surface area contributed by atoms with Gasteiger partial charge in [-0.05, 0) is 30.5 Å². The number of nitrogens with zero attached hydrogens (tertiary/aromatic N) is 1. The van der Waals surface area contributed by atoms with Crippen LogP contribution in [0.5, 0.6) is 0 Å². The number of hydrogen-bond acceptors (Lipinski definition) is 3. The Balaban J connectivity index is 1.54. The molecular formula is C26H25N3O3. The lowest BCUT2D eigenvalue weighted by Gasteiger charge is -2.23. The number of nitrogens with one attached hydrogen (secondary N) is 2. The summed E-state index contributed by atoms with van der Waals surface area (Å²) < 4.78 is 0. The average molecular weight is 428 g/mol. The van der Waals surface area contributed by atoms with Crippen molar-refractivity contribution in [1.82, 2.24) is 15.5 Å². The molecule has 6 nitrogen and oxygen atoms in total. The number of aryl methyl sites for hydroxylation is 1. The van der Waals surface area contributed by atoms with Gasteiger partial charge < -0.3 is 10.6 Å². The maximum Gasteiger partial charge on any atom is 0.325 e. The second kappa shape index (κ2) is 8.67. The van der Waals surface area contributed by atoms with Crippen LogP contribution >= 0.6 is 0 Å². The van der Waals surface area contributed by atoms with Crippen molar-refractivity contribution in [2.75, 3.05) is 6.54 Å². The highest BCUT2D eigenvalue weighted by atomic mass is 16.2. The summed E-state index contributed by atoms with van der Waals surface area (Å²) in [7, 11) is 0. The first-order chi connectivity index (χ1) is 15.4. The summed E-state index contributed by atoms with van der Waals surface area (Å²) in [5.74, 6) is -0.865. The van der Waals surface area contributed by atoms with Gasteiger partial charge in [0.15, 0.2) is 0 Å². The molecule has 0 saturated carbocycles. The minimum absolute atomic E-state index is 0.359. The summed E-state index contributed by atoms with van der Waals surface area (Å²) in [6, 6.07) is 25.5. The minimum Gasteiger partial charge on any atom is -0.344 e. The van der Waals surface area contributed by atoms with Crippen molar-refractivity contribution in [2.45, 2.75) is 25.4 Å². The van der Waals surface area contributed by atoms with Gasteiger partial charge in [0.05, 0.1) is 6.04 Å². The van der Waals surface area contributed by atoms with Crippen LogP contribution in [0.2, 0.25) is 0 Å². The van der Waals surface area contributed by atoms with Crippen molar-refractivity contribution >= 4 is 17.8 Å². The van der Waals surface area contributed by atoms with Crippen LogP contribution in [0.25, 0.3) is 0 Å². The lowest BCUT2D eigenvalue weighted by Crippen LogP contribution is -2.44. The molecule has 4 rings (SSSR count). The molecule has 162 valence electrons. The zero-order chi connectivity index (χ0) is 22.7. The number of carbonyl (C=O) groups excluding carboxylic acids is 3. The highest BCUT2D eigenvalue weighted by Gasteiger charge is 2.49. The fourth-order valence-corrected chi connectivity index (χ4v) is 3.92. The van der Waals surface area contributed by atoms with Crippen LogP contribution in [0.4, 0.5) is 4.79 Å². The van der Waals surface area contributed by atoms with Gasteiger partial charge in [0.25, 0.3) is 5.91 Å². The maximum absolute atomic E-state index is 13.1.